The van der Waals surface area contributed by atoms with Crippen molar-refractivity contribution in [3.8, 4) is 0 Å². The molecule has 3 aliphatic heterocycles. The third-order valence-corrected chi connectivity index (χ3v) is 7.37. The Bertz CT molecular complexity index is 984. The standard InChI is InChI=1S/C23H30N4O2/c1-26-19-7-3-2-6-15(19)11-18(23(26)29)22(28)25-14-21-17-10-16(12-24-13-17)20-8-4-5-9-27(20)21/h2-3,6-7,11,16-17,20-21,24H,4-5,8-10,12-14H2,1H3,(H,25,28)/t16-,17+,20+,21+/m1/s1. The Hall–Kier alpha value is -2.18. The second-order valence-corrected chi connectivity index (χ2v) is 8.97. The fraction of sp³-hybridized carbons (Fsp3) is 0.565. The van der Waals surface area contributed by atoms with Crippen molar-refractivity contribution in [3.05, 3.63) is 46.2 Å². The molecule has 3 saturated heterocycles. The lowest BCUT2D eigenvalue weighted by Gasteiger charge is -2.55. The Morgan fingerprint density at radius 2 is 2.03 bits per heavy atom. The quantitative estimate of drug-likeness (QED) is 0.832. The Balaban J connectivity index is 1.37. The van der Waals surface area contributed by atoms with Gasteiger partial charge in [-0.1, -0.05) is 24.6 Å². The van der Waals surface area contributed by atoms with E-state index in [0.29, 0.717) is 24.5 Å². The summed E-state index contributed by atoms with van der Waals surface area (Å²) in [5.74, 6) is 1.06. The number of pyridine rings is 1. The van der Waals surface area contributed by atoms with Gasteiger partial charge >= 0.3 is 0 Å². The Kier molecular flexibility index (Phi) is 4.92. The highest BCUT2D eigenvalue weighted by molar-refractivity contribution is 5.97. The van der Waals surface area contributed by atoms with Gasteiger partial charge in [-0.05, 0) is 68.3 Å². The van der Waals surface area contributed by atoms with Crippen LogP contribution in [0.1, 0.15) is 36.0 Å². The summed E-state index contributed by atoms with van der Waals surface area (Å²) in [5.41, 5.74) is 0.841. The number of hydrogen-bond donors (Lipinski definition) is 2. The average molecular weight is 395 g/mol. The summed E-state index contributed by atoms with van der Waals surface area (Å²) in [5, 5.41) is 7.64. The van der Waals surface area contributed by atoms with Crippen LogP contribution in [0.25, 0.3) is 10.9 Å². The summed E-state index contributed by atoms with van der Waals surface area (Å²) in [7, 11) is 1.73. The van der Waals surface area contributed by atoms with Gasteiger partial charge in [0, 0.05) is 25.7 Å². The van der Waals surface area contributed by atoms with Crippen molar-refractivity contribution >= 4 is 16.8 Å². The van der Waals surface area contributed by atoms with Crippen molar-refractivity contribution < 1.29 is 4.79 Å². The van der Waals surface area contributed by atoms with Gasteiger partial charge in [-0.3, -0.25) is 14.5 Å². The number of amides is 1. The number of aryl methyl sites for hydroxylation is 1. The summed E-state index contributed by atoms with van der Waals surface area (Å²) in [6.45, 7) is 3.90. The van der Waals surface area contributed by atoms with Crippen molar-refractivity contribution in [2.75, 3.05) is 26.2 Å². The molecule has 6 nitrogen and oxygen atoms in total. The fourth-order valence-corrected chi connectivity index (χ4v) is 5.93. The topological polar surface area (TPSA) is 66.4 Å². The SMILES string of the molecule is Cn1c(=O)c(C(=O)NC[C@H]2[C@@H]3CNC[C@@H](C3)[C@@H]3CCCCN32)cc2ccccc21. The minimum atomic E-state index is -0.254. The third kappa shape index (κ3) is 3.28. The molecule has 3 fully saturated rings. The number of fused-ring (bicyclic) bond motifs is 5. The summed E-state index contributed by atoms with van der Waals surface area (Å²) in [6, 6.07) is 10.4. The van der Waals surface area contributed by atoms with Gasteiger partial charge in [0.1, 0.15) is 5.56 Å². The second-order valence-electron chi connectivity index (χ2n) is 8.97. The zero-order valence-electron chi connectivity index (χ0n) is 17.1. The first kappa shape index (κ1) is 18.8. The lowest BCUT2D eigenvalue weighted by molar-refractivity contribution is -0.0371. The molecule has 1 aromatic carbocycles. The van der Waals surface area contributed by atoms with E-state index in [1.54, 1.807) is 17.7 Å². The van der Waals surface area contributed by atoms with Gasteiger partial charge in [0.25, 0.3) is 11.5 Å². The van der Waals surface area contributed by atoms with Crippen LogP contribution in [-0.4, -0.2) is 53.6 Å². The van der Waals surface area contributed by atoms with Gasteiger partial charge in [0.15, 0.2) is 0 Å². The van der Waals surface area contributed by atoms with E-state index in [-0.39, 0.29) is 17.0 Å². The number of nitrogens with zero attached hydrogens (tertiary/aromatic N) is 2. The maximum Gasteiger partial charge on any atom is 0.263 e. The molecule has 0 spiro atoms. The van der Waals surface area contributed by atoms with Crippen LogP contribution in [-0.2, 0) is 7.05 Å². The zero-order chi connectivity index (χ0) is 20.0. The first-order chi connectivity index (χ1) is 14.1. The Morgan fingerprint density at radius 1 is 1.21 bits per heavy atom. The van der Waals surface area contributed by atoms with Crippen molar-refractivity contribution in [2.45, 2.75) is 37.8 Å². The number of carbonyl (C=O) groups is 1. The number of rotatable bonds is 3. The van der Waals surface area contributed by atoms with Crippen LogP contribution >= 0.6 is 0 Å². The van der Waals surface area contributed by atoms with Crippen LogP contribution in [0.5, 0.6) is 0 Å². The van der Waals surface area contributed by atoms with Crippen LogP contribution in [0.3, 0.4) is 0 Å². The summed E-state index contributed by atoms with van der Waals surface area (Å²) < 4.78 is 1.57. The molecule has 5 rings (SSSR count). The highest BCUT2D eigenvalue weighted by Gasteiger charge is 2.45. The molecule has 3 aliphatic rings. The maximum atomic E-state index is 13.0. The number of carbonyl (C=O) groups excluding carboxylic acids is 1. The average Bonchev–Trinajstić information content (AvgIpc) is 2.76. The van der Waals surface area contributed by atoms with E-state index < -0.39 is 0 Å². The van der Waals surface area contributed by atoms with E-state index in [4.69, 9.17) is 0 Å². The molecule has 1 amide bonds. The van der Waals surface area contributed by atoms with E-state index in [9.17, 15) is 9.59 Å². The number of nitrogens with one attached hydrogen (secondary N) is 2. The maximum absolute atomic E-state index is 13.0. The van der Waals surface area contributed by atoms with Crippen LogP contribution in [0.2, 0.25) is 0 Å². The molecular formula is C23H30N4O2. The van der Waals surface area contributed by atoms with Gasteiger partial charge in [-0.15, -0.1) is 0 Å². The first-order valence-corrected chi connectivity index (χ1v) is 11.0. The van der Waals surface area contributed by atoms with Gasteiger partial charge in [0.2, 0.25) is 0 Å². The van der Waals surface area contributed by atoms with Gasteiger partial charge in [-0.25, -0.2) is 0 Å². The summed E-state index contributed by atoms with van der Waals surface area (Å²) >= 11 is 0. The van der Waals surface area contributed by atoms with Crippen LogP contribution in [0.4, 0.5) is 0 Å². The van der Waals surface area contributed by atoms with Crippen LogP contribution in [0.15, 0.2) is 35.1 Å². The summed E-state index contributed by atoms with van der Waals surface area (Å²) in [4.78, 5) is 28.4. The smallest absolute Gasteiger partial charge is 0.263 e. The number of para-hydroxylation sites is 1. The van der Waals surface area contributed by atoms with Crippen molar-refractivity contribution in [1.29, 1.82) is 0 Å². The normalized spacial score (nSPS) is 29.4. The molecule has 4 atom stereocenters. The zero-order valence-corrected chi connectivity index (χ0v) is 17.1. The molecule has 4 heterocycles. The number of aromatic nitrogens is 1. The lowest BCUT2D eigenvalue weighted by Crippen LogP contribution is -2.65. The minimum absolute atomic E-state index is 0.233. The monoisotopic (exact) mass is 394 g/mol. The molecule has 0 saturated carbocycles. The number of piperidine rings is 3. The molecule has 0 radical (unpaired) electrons. The van der Waals surface area contributed by atoms with E-state index >= 15 is 0 Å². The van der Waals surface area contributed by atoms with E-state index in [0.717, 1.165) is 36.5 Å². The van der Waals surface area contributed by atoms with Gasteiger partial charge in [0.05, 0.1) is 5.52 Å². The van der Waals surface area contributed by atoms with Crippen molar-refractivity contribution in [1.82, 2.24) is 20.1 Å². The van der Waals surface area contributed by atoms with Crippen LogP contribution in [0, 0.1) is 11.8 Å². The largest absolute Gasteiger partial charge is 0.350 e. The second kappa shape index (κ2) is 7.58. The summed E-state index contributed by atoms with van der Waals surface area (Å²) in [6.07, 6.45) is 5.09. The molecule has 6 heteroatoms. The van der Waals surface area contributed by atoms with E-state index in [1.807, 2.05) is 24.3 Å². The van der Waals surface area contributed by atoms with Crippen LogP contribution < -0.4 is 16.2 Å². The fourth-order valence-electron chi connectivity index (χ4n) is 5.93. The highest BCUT2D eigenvalue weighted by atomic mass is 16.2. The Morgan fingerprint density at radius 3 is 2.93 bits per heavy atom. The third-order valence-electron chi connectivity index (χ3n) is 7.37. The molecule has 1 aromatic heterocycles. The van der Waals surface area contributed by atoms with Crippen molar-refractivity contribution in [2.24, 2.45) is 18.9 Å². The predicted molar refractivity (Wildman–Crippen MR) is 114 cm³/mol. The van der Waals surface area contributed by atoms with E-state index in [1.165, 1.54) is 25.7 Å². The molecule has 2 N–H and O–H groups in total. The molecule has 2 bridgehead atoms. The van der Waals surface area contributed by atoms with Crippen molar-refractivity contribution in [3.63, 3.8) is 0 Å². The lowest BCUT2D eigenvalue weighted by atomic mass is 9.73. The predicted octanol–water partition coefficient (Wildman–Crippen LogP) is 1.73. The molecule has 0 aliphatic carbocycles. The first-order valence-electron chi connectivity index (χ1n) is 11.0. The molecule has 29 heavy (non-hydrogen) atoms. The molecular weight excluding hydrogens is 364 g/mol. The number of benzene rings is 1. The molecule has 154 valence electrons. The minimum Gasteiger partial charge on any atom is -0.350 e. The van der Waals surface area contributed by atoms with E-state index in [2.05, 4.69) is 15.5 Å². The molecule has 2 aromatic rings. The Labute approximate surface area is 171 Å². The van der Waals surface area contributed by atoms with Gasteiger partial charge < -0.3 is 15.2 Å². The van der Waals surface area contributed by atoms with Gasteiger partial charge in [-0.2, -0.15) is 0 Å². The molecule has 0 unspecified atom stereocenters. The number of hydrogen-bond acceptors (Lipinski definition) is 4. The highest BCUT2D eigenvalue weighted by Crippen LogP contribution is 2.38.